The van der Waals surface area contributed by atoms with Gasteiger partial charge in [0.05, 0.1) is 10.7 Å². The van der Waals surface area contributed by atoms with Gasteiger partial charge in [0.1, 0.15) is 11.6 Å². The number of carbonyl (C=O) groups is 1. The molecule has 0 spiro atoms. The van der Waals surface area contributed by atoms with Crippen molar-refractivity contribution in [1.82, 2.24) is 20.0 Å². The van der Waals surface area contributed by atoms with Crippen LogP contribution in [0.4, 0.5) is 13.2 Å². The van der Waals surface area contributed by atoms with Gasteiger partial charge in [-0.15, -0.1) is 0 Å². The zero-order valence-electron chi connectivity index (χ0n) is 20.4. The molecule has 1 saturated heterocycles. The summed E-state index contributed by atoms with van der Waals surface area (Å²) in [5.74, 6) is -0.189. The lowest BCUT2D eigenvalue weighted by Crippen LogP contribution is -2.45. The first-order valence-corrected chi connectivity index (χ1v) is 12.8. The molecular weight excluding hydrogens is 528 g/mol. The van der Waals surface area contributed by atoms with E-state index in [0.717, 1.165) is 32.4 Å². The van der Waals surface area contributed by atoms with Gasteiger partial charge in [-0.25, -0.2) is 14.4 Å². The number of amides is 1. The normalized spacial score (nSPS) is 15.4. The van der Waals surface area contributed by atoms with E-state index in [1.807, 2.05) is 5.01 Å². The second-order valence-electron chi connectivity index (χ2n) is 8.85. The molecule has 1 aliphatic heterocycles. The van der Waals surface area contributed by atoms with Gasteiger partial charge in [-0.05, 0) is 68.7 Å². The molecule has 2 aromatic carbocycles. The van der Waals surface area contributed by atoms with E-state index in [2.05, 4.69) is 15.1 Å². The van der Waals surface area contributed by atoms with E-state index in [9.17, 15) is 18.0 Å². The highest BCUT2D eigenvalue weighted by Gasteiger charge is 2.41. The van der Waals surface area contributed by atoms with E-state index in [4.69, 9.17) is 23.2 Å². The highest BCUT2D eigenvalue weighted by molar-refractivity contribution is 6.36. The highest BCUT2D eigenvalue weighted by Crippen LogP contribution is 2.34. The molecule has 0 aliphatic carbocycles. The van der Waals surface area contributed by atoms with E-state index in [1.165, 1.54) is 31.2 Å². The van der Waals surface area contributed by atoms with E-state index in [-0.39, 0.29) is 23.8 Å². The van der Waals surface area contributed by atoms with E-state index < -0.39 is 12.3 Å². The summed E-state index contributed by atoms with van der Waals surface area (Å²) in [5, 5.41) is 2.64. The van der Waals surface area contributed by atoms with Crippen LogP contribution in [-0.4, -0.2) is 45.8 Å². The SMILES string of the molecule is CCC(F)C(F)(F)Oc1ccc(-n2c(-c3ccc(Cl)cc3Cl)nc(C(=O)NN3CCCCC3)c2C)cc1. The van der Waals surface area contributed by atoms with Crippen molar-refractivity contribution in [3.63, 3.8) is 0 Å². The topological polar surface area (TPSA) is 59.4 Å². The van der Waals surface area contributed by atoms with Crippen LogP contribution < -0.4 is 10.2 Å². The maximum absolute atomic E-state index is 14.0. The van der Waals surface area contributed by atoms with Crippen LogP contribution in [0.3, 0.4) is 0 Å². The zero-order chi connectivity index (χ0) is 26.7. The molecule has 0 radical (unpaired) electrons. The van der Waals surface area contributed by atoms with Crippen LogP contribution in [-0.2, 0) is 0 Å². The molecule has 1 fully saturated rings. The minimum atomic E-state index is -3.96. The summed E-state index contributed by atoms with van der Waals surface area (Å²) in [6.07, 6.45) is -3.66. The van der Waals surface area contributed by atoms with Gasteiger partial charge in [-0.1, -0.05) is 36.5 Å². The summed E-state index contributed by atoms with van der Waals surface area (Å²) < 4.78 is 47.8. The number of alkyl halides is 3. The molecule has 1 amide bonds. The van der Waals surface area contributed by atoms with Gasteiger partial charge in [0, 0.05) is 29.4 Å². The number of benzene rings is 2. The van der Waals surface area contributed by atoms with Crippen LogP contribution in [0, 0.1) is 6.92 Å². The molecule has 198 valence electrons. The molecule has 1 aromatic heterocycles. The van der Waals surface area contributed by atoms with Crippen LogP contribution in [0.1, 0.15) is 48.8 Å². The Balaban J connectivity index is 1.72. The van der Waals surface area contributed by atoms with Crippen molar-refractivity contribution < 1.29 is 22.7 Å². The Hall–Kier alpha value is -2.75. The van der Waals surface area contributed by atoms with E-state index in [1.54, 1.807) is 29.7 Å². The minimum Gasteiger partial charge on any atom is -0.430 e. The second-order valence-corrected chi connectivity index (χ2v) is 9.69. The number of halogens is 5. The Morgan fingerprint density at radius 1 is 1.14 bits per heavy atom. The van der Waals surface area contributed by atoms with Gasteiger partial charge in [-0.2, -0.15) is 8.78 Å². The summed E-state index contributed by atoms with van der Waals surface area (Å²) in [4.78, 5) is 17.8. The average molecular weight is 555 g/mol. The fraction of sp³-hybridized carbons (Fsp3) is 0.385. The molecule has 1 aliphatic rings. The maximum atomic E-state index is 14.0. The Morgan fingerprint density at radius 3 is 2.43 bits per heavy atom. The quantitative estimate of drug-likeness (QED) is 0.325. The predicted molar refractivity (Wildman–Crippen MR) is 137 cm³/mol. The van der Waals surface area contributed by atoms with Crippen LogP contribution >= 0.6 is 23.2 Å². The van der Waals surface area contributed by atoms with Crippen molar-refractivity contribution in [2.24, 2.45) is 0 Å². The molecule has 11 heteroatoms. The van der Waals surface area contributed by atoms with Gasteiger partial charge in [-0.3, -0.25) is 14.8 Å². The number of nitrogens with one attached hydrogen (secondary N) is 1. The molecule has 6 nitrogen and oxygen atoms in total. The first kappa shape index (κ1) is 27.3. The number of nitrogens with zero attached hydrogens (tertiary/aromatic N) is 3. The van der Waals surface area contributed by atoms with E-state index >= 15 is 0 Å². The molecule has 2 heterocycles. The van der Waals surface area contributed by atoms with Gasteiger partial charge >= 0.3 is 6.11 Å². The van der Waals surface area contributed by atoms with Crippen LogP contribution in [0.25, 0.3) is 17.1 Å². The van der Waals surface area contributed by atoms with Crippen LogP contribution in [0.2, 0.25) is 10.0 Å². The van der Waals surface area contributed by atoms with Gasteiger partial charge in [0.2, 0.25) is 6.17 Å². The smallest absolute Gasteiger partial charge is 0.429 e. The second kappa shape index (κ2) is 11.3. The Morgan fingerprint density at radius 2 is 1.81 bits per heavy atom. The molecule has 0 saturated carbocycles. The zero-order valence-corrected chi connectivity index (χ0v) is 21.9. The molecule has 3 aromatic rings. The first-order chi connectivity index (χ1) is 17.6. The van der Waals surface area contributed by atoms with Crippen molar-refractivity contribution in [2.45, 2.75) is 51.8 Å². The Kier molecular flexibility index (Phi) is 8.36. The largest absolute Gasteiger partial charge is 0.430 e. The maximum Gasteiger partial charge on any atom is 0.429 e. The third-order valence-corrected chi connectivity index (χ3v) is 6.73. The monoisotopic (exact) mass is 554 g/mol. The molecule has 1 atom stereocenters. The lowest BCUT2D eigenvalue weighted by Gasteiger charge is -2.26. The molecule has 4 rings (SSSR count). The number of piperidine rings is 1. The van der Waals surface area contributed by atoms with Crippen molar-refractivity contribution in [1.29, 1.82) is 0 Å². The predicted octanol–water partition coefficient (Wildman–Crippen LogP) is 7.00. The fourth-order valence-corrected chi connectivity index (χ4v) is 4.70. The summed E-state index contributed by atoms with van der Waals surface area (Å²) in [7, 11) is 0. The summed E-state index contributed by atoms with van der Waals surface area (Å²) in [6, 6.07) is 10.6. The van der Waals surface area contributed by atoms with Crippen molar-refractivity contribution in [3.8, 4) is 22.8 Å². The van der Waals surface area contributed by atoms with E-state index in [0.29, 0.717) is 32.8 Å². The Labute approximate surface area is 223 Å². The van der Waals surface area contributed by atoms with Gasteiger partial charge in [0.25, 0.3) is 5.91 Å². The van der Waals surface area contributed by atoms with Crippen LogP contribution in [0.5, 0.6) is 5.75 Å². The number of hydrogen-bond acceptors (Lipinski definition) is 4. The number of rotatable bonds is 8. The molecule has 0 bridgehead atoms. The molecule has 37 heavy (non-hydrogen) atoms. The standard InChI is InChI=1S/C26H27Cl2F3N4O2/c1-3-22(29)26(30,31)37-19-10-8-18(9-11-19)35-16(2)23(25(36)33-34-13-5-4-6-14-34)32-24(35)20-12-7-17(27)15-21(20)28/h7-12,15,22H,3-6,13-14H2,1-2H3,(H,33,36). The molecular formula is C26H27Cl2F3N4O2. The number of imidazole rings is 1. The van der Waals surface area contributed by atoms with Crippen molar-refractivity contribution >= 4 is 29.1 Å². The fourth-order valence-electron chi connectivity index (χ4n) is 4.21. The highest BCUT2D eigenvalue weighted by atomic mass is 35.5. The lowest BCUT2D eigenvalue weighted by atomic mass is 10.2. The van der Waals surface area contributed by atoms with Gasteiger partial charge in [0.15, 0.2) is 5.69 Å². The van der Waals surface area contributed by atoms with Crippen molar-refractivity contribution in [2.75, 3.05) is 13.1 Å². The summed E-state index contributed by atoms with van der Waals surface area (Å²) >= 11 is 12.6. The number of hydrazine groups is 1. The number of hydrogen-bond donors (Lipinski definition) is 1. The Bertz CT molecular complexity index is 1260. The molecule has 1 N–H and O–H groups in total. The van der Waals surface area contributed by atoms with Gasteiger partial charge < -0.3 is 4.74 Å². The number of carbonyl (C=O) groups excluding carboxylic acids is 1. The number of aromatic nitrogens is 2. The van der Waals surface area contributed by atoms with Crippen molar-refractivity contribution in [3.05, 3.63) is 63.9 Å². The average Bonchev–Trinajstić information content (AvgIpc) is 3.21. The number of ether oxygens (including phenoxy) is 1. The minimum absolute atomic E-state index is 0.196. The molecule has 1 unspecified atom stereocenters. The van der Waals surface area contributed by atoms with Crippen LogP contribution in [0.15, 0.2) is 42.5 Å². The first-order valence-electron chi connectivity index (χ1n) is 12.0. The summed E-state index contributed by atoms with van der Waals surface area (Å²) in [5.41, 5.74) is 4.68. The summed E-state index contributed by atoms with van der Waals surface area (Å²) in [6.45, 7) is 4.56. The third-order valence-electron chi connectivity index (χ3n) is 6.18. The third kappa shape index (κ3) is 6.05. The lowest BCUT2D eigenvalue weighted by molar-refractivity contribution is -0.220.